The molecule has 0 radical (unpaired) electrons. The van der Waals surface area contributed by atoms with Gasteiger partial charge in [0.1, 0.15) is 29.4 Å². The minimum atomic E-state index is -0.472. The van der Waals surface area contributed by atoms with E-state index in [4.69, 9.17) is 4.74 Å². The van der Waals surface area contributed by atoms with E-state index in [9.17, 15) is 13.6 Å². The maximum atomic E-state index is 13.7. The van der Waals surface area contributed by atoms with E-state index in [0.717, 1.165) is 6.20 Å². The molecule has 1 aliphatic rings. The van der Waals surface area contributed by atoms with Gasteiger partial charge in [-0.2, -0.15) is 0 Å². The Morgan fingerprint density at radius 2 is 1.97 bits per heavy atom. The highest BCUT2D eigenvalue weighted by Gasteiger charge is 2.25. The van der Waals surface area contributed by atoms with Gasteiger partial charge in [0.05, 0.1) is 30.7 Å². The number of carbonyl (C=O) groups excluding carboxylic acids is 1. The number of ether oxygens (including phenoxy) is 1. The minimum Gasteiger partial charge on any atom is -0.369 e. The van der Waals surface area contributed by atoms with Gasteiger partial charge < -0.3 is 15.4 Å². The molecule has 4 rings (SSSR count). The summed E-state index contributed by atoms with van der Waals surface area (Å²) in [6.07, 6.45) is 0.804. The normalized spacial score (nSPS) is 16.6. The molecule has 1 aromatic carbocycles. The molecule has 1 saturated heterocycles. The van der Waals surface area contributed by atoms with E-state index >= 15 is 0 Å². The van der Waals surface area contributed by atoms with Gasteiger partial charge in [-0.05, 0) is 36.4 Å². The topological polar surface area (TPSA) is 79.4 Å². The molecule has 1 amide bonds. The quantitative estimate of drug-likeness (QED) is 0.629. The number of pyridine rings is 2. The first-order valence-corrected chi connectivity index (χ1v) is 9.81. The van der Waals surface area contributed by atoms with Crippen LogP contribution in [0.1, 0.15) is 11.8 Å². The summed E-state index contributed by atoms with van der Waals surface area (Å²) < 4.78 is 32.6. The number of aromatic nitrogens is 2. The van der Waals surface area contributed by atoms with E-state index in [0.29, 0.717) is 37.0 Å². The molecular weight excluding hydrogens is 404 g/mol. The number of nitrogens with one attached hydrogen (secondary N) is 2. The number of halogens is 2. The van der Waals surface area contributed by atoms with Gasteiger partial charge in [0, 0.05) is 13.1 Å². The number of hydrogen-bond acceptors (Lipinski definition) is 6. The van der Waals surface area contributed by atoms with Gasteiger partial charge in [0.2, 0.25) is 5.91 Å². The van der Waals surface area contributed by atoms with Crippen LogP contribution in [0.15, 0.2) is 60.8 Å². The van der Waals surface area contributed by atoms with Gasteiger partial charge in [-0.15, -0.1) is 0 Å². The monoisotopic (exact) mass is 425 g/mol. The first kappa shape index (κ1) is 20.8. The van der Waals surface area contributed by atoms with Crippen LogP contribution in [0.2, 0.25) is 0 Å². The van der Waals surface area contributed by atoms with Gasteiger partial charge in [0.25, 0.3) is 0 Å². The number of benzene rings is 1. The zero-order chi connectivity index (χ0) is 21.6. The molecule has 3 heterocycles. The molecule has 7 nitrogen and oxygen atoms in total. The molecule has 2 N–H and O–H groups in total. The van der Waals surface area contributed by atoms with Crippen molar-refractivity contribution in [1.82, 2.24) is 14.9 Å². The molecule has 2 aromatic heterocycles. The number of rotatable bonds is 6. The lowest BCUT2D eigenvalue weighted by molar-refractivity contribution is -0.119. The lowest BCUT2D eigenvalue weighted by Crippen LogP contribution is -2.42. The molecule has 31 heavy (non-hydrogen) atoms. The number of anilines is 3. The van der Waals surface area contributed by atoms with Gasteiger partial charge >= 0.3 is 0 Å². The van der Waals surface area contributed by atoms with Gasteiger partial charge in [0.15, 0.2) is 0 Å². The lowest BCUT2D eigenvalue weighted by atomic mass is 10.2. The molecule has 1 atom stereocenters. The fraction of sp³-hybridized carbons (Fsp3) is 0.227. The maximum Gasteiger partial charge on any atom is 0.238 e. The zero-order valence-electron chi connectivity index (χ0n) is 16.6. The Morgan fingerprint density at radius 1 is 1.10 bits per heavy atom. The lowest BCUT2D eigenvalue weighted by Gasteiger charge is -2.32. The van der Waals surface area contributed by atoms with Crippen LogP contribution >= 0.6 is 0 Å². The van der Waals surface area contributed by atoms with Crippen molar-refractivity contribution in [2.75, 3.05) is 36.9 Å². The summed E-state index contributed by atoms with van der Waals surface area (Å²) in [6.45, 7) is 1.61. The predicted molar refractivity (Wildman–Crippen MR) is 112 cm³/mol. The number of para-hydroxylation sites is 1. The molecule has 160 valence electrons. The molecule has 3 aromatic rings. The van der Waals surface area contributed by atoms with Crippen LogP contribution in [0.3, 0.4) is 0 Å². The van der Waals surface area contributed by atoms with Crippen molar-refractivity contribution in [2.24, 2.45) is 0 Å². The maximum absolute atomic E-state index is 13.7. The third-order valence-corrected chi connectivity index (χ3v) is 4.75. The fourth-order valence-corrected chi connectivity index (χ4v) is 3.26. The molecular formula is C22H21F2N5O2. The third-order valence-electron chi connectivity index (χ3n) is 4.75. The summed E-state index contributed by atoms with van der Waals surface area (Å²) in [5.41, 5.74) is 0.860. The zero-order valence-corrected chi connectivity index (χ0v) is 16.6. The van der Waals surface area contributed by atoms with E-state index in [2.05, 4.69) is 20.6 Å². The average molecular weight is 425 g/mol. The summed E-state index contributed by atoms with van der Waals surface area (Å²) in [5, 5.41) is 5.63. The molecule has 0 bridgehead atoms. The highest BCUT2D eigenvalue weighted by Crippen LogP contribution is 2.23. The van der Waals surface area contributed by atoms with Gasteiger partial charge in [-0.25, -0.2) is 18.7 Å². The second kappa shape index (κ2) is 9.59. The van der Waals surface area contributed by atoms with Crippen molar-refractivity contribution < 1.29 is 18.3 Å². The largest absolute Gasteiger partial charge is 0.369 e. The molecule has 0 aliphatic carbocycles. The predicted octanol–water partition coefficient (Wildman–Crippen LogP) is 3.51. The number of nitrogens with zero attached hydrogens (tertiary/aromatic N) is 3. The molecule has 0 saturated carbocycles. The Balaban J connectivity index is 1.37. The fourth-order valence-electron chi connectivity index (χ4n) is 3.26. The van der Waals surface area contributed by atoms with Crippen LogP contribution in [-0.2, 0) is 9.53 Å². The second-order valence-electron chi connectivity index (χ2n) is 7.06. The molecule has 1 aliphatic heterocycles. The summed E-state index contributed by atoms with van der Waals surface area (Å²) in [4.78, 5) is 22.8. The van der Waals surface area contributed by atoms with Crippen molar-refractivity contribution in [1.29, 1.82) is 0 Å². The summed E-state index contributed by atoms with van der Waals surface area (Å²) in [7, 11) is 0. The van der Waals surface area contributed by atoms with Crippen molar-refractivity contribution in [3.8, 4) is 0 Å². The van der Waals surface area contributed by atoms with E-state index < -0.39 is 11.6 Å². The Kier molecular flexibility index (Phi) is 6.44. The first-order valence-electron chi connectivity index (χ1n) is 9.81. The summed E-state index contributed by atoms with van der Waals surface area (Å²) >= 11 is 0. The van der Waals surface area contributed by atoms with Crippen molar-refractivity contribution in [3.05, 3.63) is 78.1 Å². The van der Waals surface area contributed by atoms with E-state index in [1.54, 1.807) is 18.2 Å². The van der Waals surface area contributed by atoms with E-state index in [-0.39, 0.29) is 24.2 Å². The molecule has 1 fully saturated rings. The van der Waals surface area contributed by atoms with E-state index in [1.165, 1.54) is 24.3 Å². The Hall–Kier alpha value is -3.43. The Labute approximate surface area is 178 Å². The van der Waals surface area contributed by atoms with Crippen LogP contribution in [0.25, 0.3) is 0 Å². The number of hydrogen-bond donors (Lipinski definition) is 2. The molecule has 0 unspecified atom stereocenters. The highest BCUT2D eigenvalue weighted by atomic mass is 19.1. The van der Waals surface area contributed by atoms with Crippen molar-refractivity contribution in [2.45, 2.75) is 6.10 Å². The molecule has 0 spiro atoms. The minimum absolute atomic E-state index is 0.117. The van der Waals surface area contributed by atoms with Gasteiger partial charge in [-0.3, -0.25) is 9.69 Å². The van der Waals surface area contributed by atoms with Crippen LogP contribution < -0.4 is 10.6 Å². The van der Waals surface area contributed by atoms with Crippen LogP contribution in [0, 0.1) is 11.6 Å². The average Bonchev–Trinajstić information content (AvgIpc) is 2.77. The summed E-state index contributed by atoms with van der Waals surface area (Å²) in [6, 6.07) is 14.3. The van der Waals surface area contributed by atoms with Crippen molar-refractivity contribution in [3.63, 3.8) is 0 Å². The van der Waals surface area contributed by atoms with Crippen LogP contribution in [0.4, 0.5) is 26.1 Å². The van der Waals surface area contributed by atoms with Gasteiger partial charge in [-0.1, -0.05) is 18.2 Å². The second-order valence-corrected chi connectivity index (χ2v) is 7.06. The Morgan fingerprint density at radius 3 is 2.77 bits per heavy atom. The number of amides is 1. The van der Waals surface area contributed by atoms with Crippen molar-refractivity contribution >= 4 is 23.2 Å². The third kappa shape index (κ3) is 5.59. The first-order chi connectivity index (χ1) is 15.1. The smallest absolute Gasteiger partial charge is 0.238 e. The number of morpholine rings is 1. The van der Waals surface area contributed by atoms with Crippen LogP contribution in [0.5, 0.6) is 0 Å². The standard InChI is InChI=1S/C22H21F2N5O2/c23-15-8-9-20(25-12-15)28-21-7-3-6-18(26-21)19-13-29(10-11-31-19)14-22(30)27-17-5-2-1-4-16(17)24/h1-9,12,19H,10-11,13-14H2,(H,27,30)(H,25,26,28)/t19-/m0/s1. The SMILES string of the molecule is O=C(CN1CCO[C@H](c2cccc(Nc3ccc(F)cn3)n2)C1)Nc1ccccc1F. The summed E-state index contributed by atoms with van der Waals surface area (Å²) in [5.74, 6) is -0.157. The molecule has 9 heteroatoms. The highest BCUT2D eigenvalue weighted by molar-refractivity contribution is 5.92. The van der Waals surface area contributed by atoms with Crippen LogP contribution in [-0.4, -0.2) is 47.0 Å². The Bertz CT molecular complexity index is 1050. The van der Waals surface area contributed by atoms with E-state index in [1.807, 2.05) is 17.0 Å². The number of carbonyl (C=O) groups is 1.